The van der Waals surface area contributed by atoms with Gasteiger partial charge >= 0.3 is 12.0 Å². The lowest BCUT2D eigenvalue weighted by Gasteiger charge is -2.12. The van der Waals surface area contributed by atoms with Gasteiger partial charge in [0, 0.05) is 0 Å². The van der Waals surface area contributed by atoms with Crippen LogP contribution in [-0.4, -0.2) is 43.1 Å². The molecule has 1 aliphatic carbocycles. The molecule has 27 heavy (non-hydrogen) atoms. The smallest absolute Gasteiger partial charge is 0.335 e. The first-order chi connectivity index (χ1) is 12.9. The minimum atomic E-state index is -4.15. The van der Waals surface area contributed by atoms with Gasteiger partial charge in [0.1, 0.15) is 16.5 Å². The van der Waals surface area contributed by atoms with Crippen LogP contribution in [0.5, 0.6) is 11.8 Å². The first-order valence-corrected chi connectivity index (χ1v) is 9.68. The van der Waals surface area contributed by atoms with Gasteiger partial charge in [-0.25, -0.2) is 17.9 Å². The number of hydrogen-bond donors (Lipinski definition) is 2. The number of aromatic nitrogens is 3. The number of urea groups is 1. The quantitative estimate of drug-likeness (QED) is 0.723. The second-order valence-corrected chi connectivity index (χ2v) is 7.60. The molecule has 10 nitrogen and oxygen atoms in total. The molecule has 0 aliphatic heterocycles. The molecule has 3 rings (SSSR count). The third-order valence-electron chi connectivity index (χ3n) is 3.67. The minimum Gasteiger partial charge on any atom is -0.492 e. The molecule has 1 aromatic heterocycles. The molecule has 2 N–H and O–H groups in total. The summed E-state index contributed by atoms with van der Waals surface area (Å²) in [7, 11) is -2.79. The third-order valence-corrected chi connectivity index (χ3v) is 5.04. The van der Waals surface area contributed by atoms with Crippen LogP contribution in [-0.2, 0) is 10.0 Å². The minimum absolute atomic E-state index is 0.000483. The van der Waals surface area contributed by atoms with Crippen LogP contribution in [0.3, 0.4) is 0 Å². The van der Waals surface area contributed by atoms with Gasteiger partial charge in [-0.15, -0.1) is 0 Å². The highest BCUT2D eigenvalue weighted by molar-refractivity contribution is 7.90. The number of anilines is 1. The molecule has 11 heteroatoms. The van der Waals surface area contributed by atoms with Gasteiger partial charge in [-0.2, -0.15) is 15.0 Å². The van der Waals surface area contributed by atoms with Crippen molar-refractivity contribution in [3.63, 3.8) is 0 Å². The van der Waals surface area contributed by atoms with Crippen LogP contribution in [0.4, 0.5) is 10.7 Å². The van der Waals surface area contributed by atoms with E-state index in [0.29, 0.717) is 18.3 Å². The zero-order valence-corrected chi connectivity index (χ0v) is 15.6. The fourth-order valence-electron chi connectivity index (χ4n) is 2.19. The Labute approximate surface area is 156 Å². The predicted molar refractivity (Wildman–Crippen MR) is 95.1 cm³/mol. The van der Waals surface area contributed by atoms with Crippen molar-refractivity contribution in [3.05, 3.63) is 30.1 Å². The van der Waals surface area contributed by atoms with E-state index in [1.165, 1.54) is 13.2 Å². The van der Waals surface area contributed by atoms with Crippen LogP contribution in [0, 0.1) is 12.8 Å². The molecule has 1 aliphatic rings. The molecule has 0 spiro atoms. The number of para-hydroxylation sites is 1. The van der Waals surface area contributed by atoms with Gasteiger partial charge in [-0.3, -0.25) is 5.32 Å². The summed E-state index contributed by atoms with van der Waals surface area (Å²) in [5, 5.41) is 2.25. The number of amides is 2. The van der Waals surface area contributed by atoms with E-state index in [-0.39, 0.29) is 22.6 Å². The Hall–Kier alpha value is -2.95. The average Bonchev–Trinajstić information content (AvgIpc) is 3.43. The van der Waals surface area contributed by atoms with Crippen molar-refractivity contribution in [2.24, 2.45) is 5.92 Å². The van der Waals surface area contributed by atoms with Gasteiger partial charge in [0.05, 0.1) is 13.7 Å². The molecule has 1 aromatic carbocycles. The topological polar surface area (TPSA) is 132 Å². The molecule has 1 fully saturated rings. The molecule has 0 atom stereocenters. The number of ether oxygens (including phenoxy) is 2. The molecule has 144 valence electrons. The summed E-state index contributed by atoms with van der Waals surface area (Å²) in [6.45, 7) is 2.03. The number of benzene rings is 1. The first kappa shape index (κ1) is 18.8. The standard InChI is InChI=1S/C16H19N5O5S/c1-10-17-14(20-16(18-10)25-2)19-15(22)21-27(23,24)13-6-4-3-5-12(13)26-9-11-7-8-11/h3-6,11H,7-9H2,1-2H3,(H2,17,18,19,20,21,22). The number of carbonyl (C=O) groups excluding carboxylic acids is 1. The van der Waals surface area contributed by atoms with E-state index < -0.39 is 16.1 Å². The van der Waals surface area contributed by atoms with Crippen molar-refractivity contribution in [2.75, 3.05) is 19.0 Å². The van der Waals surface area contributed by atoms with E-state index in [4.69, 9.17) is 9.47 Å². The molecule has 0 bridgehead atoms. The van der Waals surface area contributed by atoms with Gasteiger partial charge in [0.2, 0.25) is 5.95 Å². The van der Waals surface area contributed by atoms with Crippen molar-refractivity contribution in [1.82, 2.24) is 19.7 Å². The fraction of sp³-hybridized carbons (Fsp3) is 0.375. The second-order valence-electron chi connectivity index (χ2n) is 5.95. The molecule has 2 amide bonds. The summed E-state index contributed by atoms with van der Waals surface area (Å²) in [4.78, 5) is 23.6. The van der Waals surface area contributed by atoms with Crippen LogP contribution in [0.1, 0.15) is 18.7 Å². The van der Waals surface area contributed by atoms with Crippen LogP contribution in [0.2, 0.25) is 0 Å². The Kier molecular flexibility index (Phi) is 5.40. The molecule has 2 aromatic rings. The summed E-state index contributed by atoms with van der Waals surface area (Å²) in [5.41, 5.74) is 0. The maximum atomic E-state index is 12.6. The highest BCUT2D eigenvalue weighted by atomic mass is 32.2. The molecule has 0 saturated heterocycles. The monoisotopic (exact) mass is 393 g/mol. The molecule has 1 saturated carbocycles. The van der Waals surface area contributed by atoms with E-state index in [1.54, 1.807) is 25.1 Å². The van der Waals surface area contributed by atoms with Crippen LogP contribution in [0.25, 0.3) is 0 Å². The maximum absolute atomic E-state index is 12.6. The Bertz CT molecular complexity index is 946. The van der Waals surface area contributed by atoms with Crippen molar-refractivity contribution >= 4 is 22.0 Å². The number of sulfonamides is 1. The average molecular weight is 393 g/mol. The SMILES string of the molecule is COc1nc(C)nc(NC(=O)NS(=O)(=O)c2ccccc2OCC2CC2)n1. The van der Waals surface area contributed by atoms with E-state index >= 15 is 0 Å². The van der Waals surface area contributed by atoms with Crippen molar-refractivity contribution < 1.29 is 22.7 Å². The summed E-state index contributed by atoms with van der Waals surface area (Å²) in [5.74, 6) is 0.825. The van der Waals surface area contributed by atoms with Gasteiger partial charge in [-0.05, 0) is 37.8 Å². The summed E-state index contributed by atoms with van der Waals surface area (Å²) in [6, 6.07) is 5.13. The van der Waals surface area contributed by atoms with E-state index in [0.717, 1.165) is 12.8 Å². The zero-order chi connectivity index (χ0) is 19.4. The summed E-state index contributed by atoms with van der Waals surface area (Å²) < 4.78 is 37.5. The van der Waals surface area contributed by atoms with Crippen molar-refractivity contribution in [2.45, 2.75) is 24.7 Å². The molecular formula is C16H19N5O5S. The van der Waals surface area contributed by atoms with Crippen LogP contribution in [0.15, 0.2) is 29.2 Å². The van der Waals surface area contributed by atoms with Gasteiger partial charge in [-0.1, -0.05) is 12.1 Å². The lowest BCUT2D eigenvalue weighted by Crippen LogP contribution is -2.35. The molecule has 0 unspecified atom stereocenters. The number of methoxy groups -OCH3 is 1. The van der Waals surface area contributed by atoms with Crippen LogP contribution >= 0.6 is 0 Å². The predicted octanol–water partition coefficient (Wildman–Crippen LogP) is 1.49. The van der Waals surface area contributed by atoms with E-state index in [2.05, 4.69) is 20.3 Å². The first-order valence-electron chi connectivity index (χ1n) is 8.19. The number of rotatable bonds is 7. The number of hydrogen-bond acceptors (Lipinski definition) is 8. The van der Waals surface area contributed by atoms with Crippen LogP contribution < -0.4 is 19.5 Å². The normalized spacial score (nSPS) is 13.7. The Balaban J connectivity index is 1.72. The summed E-state index contributed by atoms with van der Waals surface area (Å²) >= 11 is 0. The molecule has 0 radical (unpaired) electrons. The third kappa shape index (κ3) is 5.03. The number of nitrogens with one attached hydrogen (secondary N) is 2. The Morgan fingerprint density at radius 3 is 2.67 bits per heavy atom. The van der Waals surface area contributed by atoms with Crippen molar-refractivity contribution in [1.29, 1.82) is 0 Å². The molecule has 1 heterocycles. The highest BCUT2D eigenvalue weighted by Crippen LogP contribution is 2.31. The largest absolute Gasteiger partial charge is 0.492 e. The molecular weight excluding hydrogens is 374 g/mol. The van der Waals surface area contributed by atoms with Crippen molar-refractivity contribution in [3.8, 4) is 11.8 Å². The lowest BCUT2D eigenvalue weighted by molar-refractivity contribution is 0.256. The Morgan fingerprint density at radius 2 is 1.96 bits per heavy atom. The second kappa shape index (κ2) is 7.74. The van der Waals surface area contributed by atoms with Gasteiger partial charge in [0.25, 0.3) is 10.0 Å². The van der Waals surface area contributed by atoms with E-state index in [1.807, 2.05) is 4.72 Å². The highest BCUT2D eigenvalue weighted by Gasteiger charge is 2.26. The number of nitrogens with zero attached hydrogens (tertiary/aromatic N) is 3. The van der Waals surface area contributed by atoms with Gasteiger partial charge in [0.15, 0.2) is 0 Å². The zero-order valence-electron chi connectivity index (χ0n) is 14.8. The number of aryl methyl sites for hydroxylation is 1. The lowest BCUT2D eigenvalue weighted by atomic mass is 10.3. The van der Waals surface area contributed by atoms with Gasteiger partial charge < -0.3 is 9.47 Å². The fourth-order valence-corrected chi connectivity index (χ4v) is 3.25. The summed E-state index contributed by atoms with van der Waals surface area (Å²) in [6.07, 6.45) is 2.15. The number of carbonyl (C=O) groups is 1. The Morgan fingerprint density at radius 1 is 1.22 bits per heavy atom. The van der Waals surface area contributed by atoms with E-state index in [9.17, 15) is 13.2 Å². The maximum Gasteiger partial charge on any atom is 0.335 e.